The molecule has 6 nitrogen and oxygen atoms in total. The number of nitrogens with one attached hydrogen (secondary N) is 1. The van der Waals surface area contributed by atoms with Crippen LogP contribution in [0.2, 0.25) is 0 Å². The number of ether oxygens (including phenoxy) is 1. The van der Waals surface area contributed by atoms with E-state index in [1.807, 2.05) is 0 Å². The molecule has 0 bridgehead atoms. The van der Waals surface area contributed by atoms with Crippen molar-refractivity contribution in [2.24, 2.45) is 0 Å². The van der Waals surface area contributed by atoms with Gasteiger partial charge in [0.15, 0.2) is 0 Å². The molecule has 0 aliphatic carbocycles. The number of unbranched alkanes of at least 4 members (excludes halogenated alkanes) is 2. The molecule has 0 amide bonds. The number of aromatic amines is 1. The van der Waals surface area contributed by atoms with Gasteiger partial charge in [-0.1, -0.05) is 0 Å². The number of rotatable bonds is 6. The molecule has 0 radical (unpaired) electrons. The lowest BCUT2D eigenvalue weighted by Crippen LogP contribution is -2.29. The van der Waals surface area contributed by atoms with Crippen molar-refractivity contribution in [3.05, 3.63) is 26.9 Å². The lowest BCUT2D eigenvalue weighted by Gasteiger charge is -2.06. The summed E-state index contributed by atoms with van der Waals surface area (Å²) in [6.07, 6.45) is 2.57. The number of methoxy groups -OCH3 is 1. The van der Waals surface area contributed by atoms with Crippen molar-refractivity contribution in [2.45, 2.75) is 25.8 Å². The molecule has 90 valence electrons. The fourth-order valence-electron chi connectivity index (χ4n) is 1.42. The van der Waals surface area contributed by atoms with Crippen molar-refractivity contribution in [2.75, 3.05) is 13.7 Å². The van der Waals surface area contributed by atoms with Crippen molar-refractivity contribution in [1.29, 1.82) is 0 Å². The molecule has 0 saturated heterocycles. The summed E-state index contributed by atoms with van der Waals surface area (Å²) in [5.74, 6) is -0.291. The molecule has 1 rings (SSSR count). The van der Waals surface area contributed by atoms with Gasteiger partial charge >= 0.3 is 5.69 Å². The normalized spacial score (nSPS) is 10.6. The molecule has 0 aliphatic rings. The van der Waals surface area contributed by atoms with Crippen LogP contribution in [0.4, 0.5) is 0 Å². The minimum Gasteiger partial charge on any atom is -0.494 e. The highest BCUT2D eigenvalue weighted by Gasteiger charge is 2.03. The van der Waals surface area contributed by atoms with Crippen LogP contribution in [0.3, 0.4) is 0 Å². The fourth-order valence-corrected chi connectivity index (χ4v) is 1.42. The van der Waals surface area contributed by atoms with Crippen molar-refractivity contribution < 1.29 is 9.84 Å². The van der Waals surface area contributed by atoms with Crippen LogP contribution >= 0.6 is 0 Å². The van der Waals surface area contributed by atoms with E-state index in [1.165, 1.54) is 0 Å². The highest BCUT2D eigenvalue weighted by Crippen LogP contribution is 2.04. The molecule has 0 fully saturated rings. The van der Waals surface area contributed by atoms with Gasteiger partial charge in [0.2, 0.25) is 5.88 Å². The Morgan fingerprint density at radius 2 is 2.12 bits per heavy atom. The molecule has 0 saturated carbocycles. The van der Waals surface area contributed by atoms with E-state index in [0.29, 0.717) is 13.2 Å². The first kappa shape index (κ1) is 12.5. The zero-order valence-corrected chi connectivity index (χ0v) is 9.23. The van der Waals surface area contributed by atoms with Gasteiger partial charge in [-0.2, -0.15) is 0 Å². The van der Waals surface area contributed by atoms with Gasteiger partial charge in [-0.05, 0) is 19.3 Å². The van der Waals surface area contributed by atoms with Crippen LogP contribution in [-0.4, -0.2) is 28.4 Å². The van der Waals surface area contributed by atoms with E-state index in [4.69, 9.17) is 4.74 Å². The standard InChI is InChI=1S/C10H16N2O4/c1-16-6-4-2-3-5-12-9(14)7-8(13)11-10(12)15/h7,14H,2-6H2,1H3,(H,11,13,15). The predicted molar refractivity (Wildman–Crippen MR) is 58.7 cm³/mol. The van der Waals surface area contributed by atoms with Crippen LogP contribution in [0.5, 0.6) is 5.88 Å². The van der Waals surface area contributed by atoms with E-state index < -0.39 is 11.2 Å². The lowest BCUT2D eigenvalue weighted by atomic mass is 10.2. The summed E-state index contributed by atoms with van der Waals surface area (Å²) in [5.41, 5.74) is -1.16. The van der Waals surface area contributed by atoms with Crippen LogP contribution in [0.25, 0.3) is 0 Å². The minimum atomic E-state index is -0.585. The maximum absolute atomic E-state index is 11.3. The third kappa shape index (κ3) is 3.54. The van der Waals surface area contributed by atoms with Crippen molar-refractivity contribution >= 4 is 0 Å². The molecule has 0 aromatic carbocycles. The first-order chi connectivity index (χ1) is 7.65. The molecular formula is C10H16N2O4. The molecule has 2 N–H and O–H groups in total. The number of H-pyrrole nitrogens is 1. The van der Waals surface area contributed by atoms with E-state index >= 15 is 0 Å². The van der Waals surface area contributed by atoms with Crippen LogP contribution in [-0.2, 0) is 11.3 Å². The second-order valence-electron chi connectivity index (χ2n) is 3.50. The van der Waals surface area contributed by atoms with Crippen LogP contribution in [0.15, 0.2) is 15.7 Å². The van der Waals surface area contributed by atoms with Crippen molar-refractivity contribution in [1.82, 2.24) is 9.55 Å². The van der Waals surface area contributed by atoms with Gasteiger partial charge in [-0.3, -0.25) is 14.3 Å². The Labute approximate surface area is 92.5 Å². The molecule has 1 aromatic rings. The van der Waals surface area contributed by atoms with E-state index in [0.717, 1.165) is 29.9 Å². The fraction of sp³-hybridized carbons (Fsp3) is 0.600. The molecule has 0 atom stereocenters. The van der Waals surface area contributed by atoms with Crippen LogP contribution < -0.4 is 11.2 Å². The summed E-state index contributed by atoms with van der Waals surface area (Å²) in [6, 6.07) is 0.997. The third-order valence-electron chi connectivity index (χ3n) is 2.24. The number of aromatic hydroxyl groups is 1. The molecule has 0 aliphatic heterocycles. The van der Waals surface area contributed by atoms with Gasteiger partial charge in [0.1, 0.15) is 0 Å². The molecule has 1 aromatic heterocycles. The summed E-state index contributed by atoms with van der Waals surface area (Å²) >= 11 is 0. The summed E-state index contributed by atoms with van der Waals surface area (Å²) in [4.78, 5) is 24.2. The molecule has 6 heteroatoms. The Morgan fingerprint density at radius 1 is 1.38 bits per heavy atom. The van der Waals surface area contributed by atoms with Crippen molar-refractivity contribution in [3.8, 4) is 5.88 Å². The van der Waals surface area contributed by atoms with Gasteiger partial charge in [-0.25, -0.2) is 4.79 Å². The monoisotopic (exact) mass is 228 g/mol. The van der Waals surface area contributed by atoms with Crippen LogP contribution in [0, 0.1) is 0 Å². The summed E-state index contributed by atoms with van der Waals surface area (Å²) < 4.78 is 6.04. The third-order valence-corrected chi connectivity index (χ3v) is 2.24. The molecule has 16 heavy (non-hydrogen) atoms. The summed E-state index contributed by atoms with van der Waals surface area (Å²) in [5, 5.41) is 9.39. The highest BCUT2D eigenvalue weighted by molar-refractivity contribution is 5.05. The van der Waals surface area contributed by atoms with Crippen molar-refractivity contribution in [3.63, 3.8) is 0 Å². The predicted octanol–water partition coefficient (Wildman–Crippen LogP) is 0.0589. The Morgan fingerprint density at radius 3 is 2.75 bits per heavy atom. The Kier molecular flexibility index (Phi) is 4.78. The van der Waals surface area contributed by atoms with Gasteiger partial charge in [0.25, 0.3) is 5.56 Å². The maximum Gasteiger partial charge on any atom is 0.331 e. The second-order valence-corrected chi connectivity index (χ2v) is 3.50. The topological polar surface area (TPSA) is 84.3 Å². The zero-order valence-electron chi connectivity index (χ0n) is 9.23. The number of aromatic nitrogens is 2. The highest BCUT2D eigenvalue weighted by atomic mass is 16.5. The second kappa shape index (κ2) is 6.12. The maximum atomic E-state index is 11.3. The largest absolute Gasteiger partial charge is 0.494 e. The molecular weight excluding hydrogens is 212 g/mol. The average Bonchev–Trinajstić information content (AvgIpc) is 2.20. The van der Waals surface area contributed by atoms with Gasteiger partial charge in [0, 0.05) is 20.3 Å². The van der Waals surface area contributed by atoms with Gasteiger partial charge < -0.3 is 9.84 Å². The van der Waals surface area contributed by atoms with E-state index in [1.54, 1.807) is 7.11 Å². The van der Waals surface area contributed by atoms with Gasteiger partial charge in [0.05, 0.1) is 6.07 Å². The first-order valence-corrected chi connectivity index (χ1v) is 5.17. The summed E-state index contributed by atoms with van der Waals surface area (Å²) in [6.45, 7) is 1.08. The Bertz CT molecular complexity index is 435. The smallest absolute Gasteiger partial charge is 0.331 e. The SMILES string of the molecule is COCCCCCn1c(O)cc(=O)[nH]c1=O. The average molecular weight is 228 g/mol. The lowest BCUT2D eigenvalue weighted by molar-refractivity contribution is 0.191. The minimum absolute atomic E-state index is 0.291. The van der Waals surface area contributed by atoms with Crippen LogP contribution in [0.1, 0.15) is 19.3 Å². The first-order valence-electron chi connectivity index (χ1n) is 5.17. The number of hydrogen-bond acceptors (Lipinski definition) is 4. The quantitative estimate of drug-likeness (QED) is 0.674. The summed E-state index contributed by atoms with van der Waals surface area (Å²) in [7, 11) is 1.64. The molecule has 0 spiro atoms. The van der Waals surface area contributed by atoms with E-state index in [-0.39, 0.29) is 5.88 Å². The zero-order chi connectivity index (χ0) is 12.0. The Hall–Kier alpha value is -1.56. The number of nitrogens with zero attached hydrogens (tertiary/aromatic N) is 1. The molecule has 1 heterocycles. The van der Waals surface area contributed by atoms with Gasteiger partial charge in [-0.15, -0.1) is 0 Å². The number of hydrogen-bond donors (Lipinski definition) is 2. The van der Waals surface area contributed by atoms with E-state index in [2.05, 4.69) is 4.98 Å². The Balaban J connectivity index is 2.54. The van der Waals surface area contributed by atoms with E-state index in [9.17, 15) is 14.7 Å². The molecule has 0 unspecified atom stereocenters.